The Morgan fingerprint density at radius 1 is 0.328 bits per heavy atom. The molecule has 3 nitrogen and oxygen atoms in total. The van der Waals surface area contributed by atoms with Crippen LogP contribution < -0.4 is 9.80 Å². The number of benzene rings is 9. The molecule has 2 aromatic heterocycles. The molecule has 0 aliphatic heterocycles. The quantitative estimate of drug-likeness (QED) is 0.154. The molecule has 0 unspecified atom stereocenters. The number of hydrogen-bond acceptors (Lipinski definition) is 4. The number of anilines is 6. The van der Waals surface area contributed by atoms with Crippen molar-refractivity contribution >= 4 is 87.6 Å². The summed E-state index contributed by atoms with van der Waals surface area (Å²) in [7, 11) is 0. The van der Waals surface area contributed by atoms with E-state index in [0.717, 1.165) is 78.3 Å². The third-order valence-electron chi connectivity index (χ3n) is 11.1. The molecule has 2 heterocycles. The second kappa shape index (κ2) is 14.3. The highest BCUT2D eigenvalue weighted by molar-refractivity contribution is 7.26. The van der Waals surface area contributed by atoms with Gasteiger partial charge in [-0.25, -0.2) is 0 Å². The van der Waals surface area contributed by atoms with Crippen LogP contribution in [0.15, 0.2) is 223 Å². The van der Waals surface area contributed by atoms with Crippen molar-refractivity contribution in [3.05, 3.63) is 218 Å². The first-order valence-corrected chi connectivity index (χ1v) is 20.4. The second-order valence-electron chi connectivity index (χ2n) is 14.5. The highest BCUT2D eigenvalue weighted by Gasteiger charge is 2.23. The molecule has 4 heteroatoms. The molecule has 0 radical (unpaired) electrons. The Balaban J connectivity index is 1.09. The van der Waals surface area contributed by atoms with Crippen LogP contribution in [-0.2, 0) is 0 Å². The topological polar surface area (TPSA) is 19.6 Å². The van der Waals surface area contributed by atoms with Crippen molar-refractivity contribution in [1.82, 2.24) is 0 Å². The van der Waals surface area contributed by atoms with E-state index in [9.17, 15) is 0 Å². The summed E-state index contributed by atoms with van der Waals surface area (Å²) in [6.45, 7) is 0. The monoisotopic (exact) mass is 760 g/mol. The van der Waals surface area contributed by atoms with E-state index >= 15 is 0 Å². The van der Waals surface area contributed by atoms with E-state index in [1.165, 1.54) is 20.2 Å². The summed E-state index contributed by atoms with van der Waals surface area (Å²) in [6.07, 6.45) is 0. The van der Waals surface area contributed by atoms with Gasteiger partial charge in [0, 0.05) is 60.5 Å². The van der Waals surface area contributed by atoms with Crippen LogP contribution in [0, 0.1) is 0 Å². The lowest BCUT2D eigenvalue weighted by Gasteiger charge is -2.30. The minimum absolute atomic E-state index is 0.843. The maximum Gasteiger partial charge on any atom is 0.137 e. The molecule has 0 aliphatic rings. The third-order valence-corrected chi connectivity index (χ3v) is 12.3. The van der Waals surface area contributed by atoms with Crippen molar-refractivity contribution in [3.63, 3.8) is 0 Å². The van der Waals surface area contributed by atoms with Crippen molar-refractivity contribution in [3.8, 4) is 22.3 Å². The molecular weight excluding hydrogens is 725 g/mol. The van der Waals surface area contributed by atoms with Crippen LogP contribution in [0.5, 0.6) is 0 Å². The number of furan rings is 1. The van der Waals surface area contributed by atoms with E-state index in [-0.39, 0.29) is 0 Å². The molecule has 9 aromatic carbocycles. The summed E-state index contributed by atoms with van der Waals surface area (Å²) in [4.78, 5) is 4.76. The fourth-order valence-corrected chi connectivity index (χ4v) is 9.62. The first-order chi connectivity index (χ1) is 28.8. The zero-order valence-electron chi connectivity index (χ0n) is 31.5. The molecule has 0 spiro atoms. The molecule has 274 valence electrons. The molecular formula is C54H36N2OS. The zero-order valence-corrected chi connectivity index (χ0v) is 32.3. The van der Waals surface area contributed by atoms with E-state index in [0.29, 0.717) is 0 Å². The molecule has 0 saturated carbocycles. The smallest absolute Gasteiger partial charge is 0.137 e. The Morgan fingerprint density at radius 2 is 0.879 bits per heavy atom. The van der Waals surface area contributed by atoms with Gasteiger partial charge in [-0.3, -0.25) is 0 Å². The van der Waals surface area contributed by atoms with Crippen molar-refractivity contribution in [2.24, 2.45) is 0 Å². The number of rotatable bonds is 8. The van der Waals surface area contributed by atoms with E-state index in [2.05, 4.69) is 228 Å². The normalized spacial score (nSPS) is 11.4. The average molecular weight is 761 g/mol. The first-order valence-electron chi connectivity index (χ1n) is 19.6. The largest absolute Gasteiger partial charge is 0.456 e. The molecule has 11 rings (SSSR count). The van der Waals surface area contributed by atoms with Gasteiger partial charge in [0.25, 0.3) is 0 Å². The number of para-hydroxylation sites is 3. The van der Waals surface area contributed by atoms with Crippen LogP contribution >= 0.6 is 11.3 Å². The second-order valence-corrected chi connectivity index (χ2v) is 15.5. The minimum atomic E-state index is 0.843. The number of fused-ring (bicyclic) bond motifs is 6. The zero-order chi connectivity index (χ0) is 38.4. The Labute approximate surface area is 340 Å². The number of thiophene rings is 1. The van der Waals surface area contributed by atoms with Crippen molar-refractivity contribution in [2.45, 2.75) is 0 Å². The first kappa shape index (κ1) is 33.9. The van der Waals surface area contributed by atoms with Gasteiger partial charge in [-0.2, -0.15) is 0 Å². The minimum Gasteiger partial charge on any atom is -0.456 e. The van der Waals surface area contributed by atoms with E-state index in [1.807, 2.05) is 11.3 Å². The number of nitrogens with zero attached hydrogens (tertiary/aromatic N) is 2. The van der Waals surface area contributed by atoms with Gasteiger partial charge < -0.3 is 14.2 Å². The van der Waals surface area contributed by atoms with Crippen LogP contribution in [0.3, 0.4) is 0 Å². The van der Waals surface area contributed by atoms with Gasteiger partial charge in [0.15, 0.2) is 0 Å². The lowest BCUT2D eigenvalue weighted by Crippen LogP contribution is -2.12. The molecule has 58 heavy (non-hydrogen) atoms. The Hall–Kier alpha value is -7.40. The van der Waals surface area contributed by atoms with Gasteiger partial charge in [-0.1, -0.05) is 146 Å². The highest BCUT2D eigenvalue weighted by atomic mass is 32.1. The summed E-state index contributed by atoms with van der Waals surface area (Å²) in [5, 5.41) is 4.69. The van der Waals surface area contributed by atoms with Gasteiger partial charge in [-0.15, -0.1) is 11.3 Å². The molecule has 0 fully saturated rings. The predicted molar refractivity (Wildman–Crippen MR) is 247 cm³/mol. The van der Waals surface area contributed by atoms with Gasteiger partial charge >= 0.3 is 0 Å². The van der Waals surface area contributed by atoms with Gasteiger partial charge in [0.05, 0.1) is 21.8 Å². The fraction of sp³-hybridized carbons (Fsp3) is 0. The van der Waals surface area contributed by atoms with Crippen LogP contribution in [0.25, 0.3) is 64.4 Å². The maximum absolute atomic E-state index is 6.74. The maximum atomic E-state index is 6.74. The molecule has 0 N–H and O–H groups in total. The summed E-state index contributed by atoms with van der Waals surface area (Å²) in [6, 6.07) is 77.9. The van der Waals surface area contributed by atoms with E-state index in [1.54, 1.807) is 0 Å². The Morgan fingerprint density at radius 3 is 1.59 bits per heavy atom. The van der Waals surface area contributed by atoms with Crippen molar-refractivity contribution in [2.75, 3.05) is 9.80 Å². The molecule has 0 bridgehead atoms. The summed E-state index contributed by atoms with van der Waals surface area (Å²) in [5.41, 5.74) is 12.9. The molecule has 0 aliphatic carbocycles. The Kier molecular flexibility index (Phi) is 8.34. The molecule has 11 aromatic rings. The third kappa shape index (κ3) is 5.82. The molecule has 0 atom stereocenters. The summed E-state index contributed by atoms with van der Waals surface area (Å²) in [5.74, 6) is 0. The van der Waals surface area contributed by atoms with E-state index < -0.39 is 0 Å². The average Bonchev–Trinajstić information content (AvgIpc) is 3.86. The lowest BCUT2D eigenvalue weighted by molar-refractivity contribution is 0.669. The lowest BCUT2D eigenvalue weighted by atomic mass is 9.98. The van der Waals surface area contributed by atoms with Crippen LogP contribution in [-0.4, -0.2) is 0 Å². The van der Waals surface area contributed by atoms with Gasteiger partial charge in [0.1, 0.15) is 11.2 Å². The van der Waals surface area contributed by atoms with E-state index in [4.69, 9.17) is 4.42 Å². The van der Waals surface area contributed by atoms with Crippen molar-refractivity contribution in [1.29, 1.82) is 0 Å². The standard InChI is InChI=1S/C54H36N2OS/c1-4-17-37(18-5-1)42-23-10-13-27-48(42)56(49-28-14-11-24-43(49)38-19-6-2-7-20-38)40-32-34-51-47(35-40)44-33-31-41(36-52(44)57-51)55(39-21-8-3-9-22-39)50-29-16-26-46-45-25-12-15-30-53(45)58-54(46)50/h1-36H. The summed E-state index contributed by atoms with van der Waals surface area (Å²) >= 11 is 1.84. The van der Waals surface area contributed by atoms with Gasteiger partial charge in [0.2, 0.25) is 0 Å². The van der Waals surface area contributed by atoms with Gasteiger partial charge in [-0.05, 0) is 77.9 Å². The predicted octanol–water partition coefficient (Wildman–Crippen LogP) is 16.2. The number of hydrogen-bond donors (Lipinski definition) is 0. The molecule has 0 saturated heterocycles. The van der Waals surface area contributed by atoms with Crippen LogP contribution in [0.4, 0.5) is 34.1 Å². The summed E-state index contributed by atoms with van der Waals surface area (Å²) < 4.78 is 9.28. The fourth-order valence-electron chi connectivity index (χ4n) is 8.41. The SMILES string of the molecule is c1ccc(-c2ccccc2N(c2ccc3oc4cc(N(c5ccccc5)c5cccc6c5sc5ccccc56)ccc4c3c2)c2ccccc2-c2ccccc2)cc1. The van der Waals surface area contributed by atoms with Crippen LogP contribution in [0.1, 0.15) is 0 Å². The highest BCUT2D eigenvalue weighted by Crippen LogP contribution is 2.48. The molecule has 0 amide bonds. The van der Waals surface area contributed by atoms with Crippen LogP contribution in [0.2, 0.25) is 0 Å². The Bertz CT molecular complexity index is 3160. The van der Waals surface area contributed by atoms with Crippen molar-refractivity contribution < 1.29 is 4.42 Å².